The predicted molar refractivity (Wildman–Crippen MR) is 125 cm³/mol. The van der Waals surface area contributed by atoms with Crippen LogP contribution >= 0.6 is 0 Å². The second kappa shape index (κ2) is 15.5. The minimum atomic E-state index is -0.455. The van der Waals surface area contributed by atoms with Crippen LogP contribution in [-0.4, -0.2) is 5.97 Å². The Hall–Kier alpha value is -1.31. The van der Waals surface area contributed by atoms with E-state index in [4.69, 9.17) is 4.74 Å². The minimum Gasteiger partial charge on any atom is -0.457 e. The van der Waals surface area contributed by atoms with Gasteiger partial charge in [0.05, 0.1) is 5.41 Å². The van der Waals surface area contributed by atoms with Crippen molar-refractivity contribution in [3.63, 3.8) is 0 Å². The van der Waals surface area contributed by atoms with E-state index < -0.39 is 5.41 Å². The van der Waals surface area contributed by atoms with Gasteiger partial charge in [-0.1, -0.05) is 114 Å². The van der Waals surface area contributed by atoms with Crippen LogP contribution < -0.4 is 0 Å². The molecule has 0 bridgehead atoms. The average molecular weight is 403 g/mol. The van der Waals surface area contributed by atoms with Crippen molar-refractivity contribution in [3.8, 4) is 0 Å². The summed E-state index contributed by atoms with van der Waals surface area (Å²) in [7, 11) is 0. The van der Waals surface area contributed by atoms with Gasteiger partial charge in [-0.25, -0.2) is 0 Å². The van der Waals surface area contributed by atoms with Crippen molar-refractivity contribution in [1.29, 1.82) is 0 Å². The molecule has 1 aromatic carbocycles. The molecule has 1 atom stereocenters. The zero-order valence-corrected chi connectivity index (χ0v) is 19.7. The lowest BCUT2D eigenvalue weighted by Gasteiger charge is -2.24. The SMILES string of the molecule is CCCCCCCCCCCCCCCC(OC(=O)C(C)(C)C)c1ccccc1. The molecule has 2 heteroatoms. The average Bonchev–Trinajstić information content (AvgIpc) is 2.70. The van der Waals surface area contributed by atoms with Crippen molar-refractivity contribution >= 4 is 5.97 Å². The topological polar surface area (TPSA) is 26.3 Å². The number of hydrogen-bond donors (Lipinski definition) is 0. The summed E-state index contributed by atoms with van der Waals surface area (Å²) < 4.78 is 5.87. The van der Waals surface area contributed by atoms with Gasteiger partial charge in [0.1, 0.15) is 6.10 Å². The van der Waals surface area contributed by atoms with Crippen LogP contribution in [0, 0.1) is 5.41 Å². The first-order valence-corrected chi connectivity index (χ1v) is 12.2. The maximum Gasteiger partial charge on any atom is 0.311 e. The highest BCUT2D eigenvalue weighted by atomic mass is 16.5. The van der Waals surface area contributed by atoms with Crippen LogP contribution in [-0.2, 0) is 9.53 Å². The fraction of sp³-hybridized carbons (Fsp3) is 0.741. The van der Waals surface area contributed by atoms with Gasteiger partial charge in [-0.05, 0) is 39.2 Å². The fourth-order valence-electron chi connectivity index (χ4n) is 3.61. The van der Waals surface area contributed by atoms with Crippen LogP contribution in [0.2, 0.25) is 0 Å². The number of esters is 1. The molecule has 0 aliphatic carbocycles. The summed E-state index contributed by atoms with van der Waals surface area (Å²) in [5, 5.41) is 0. The van der Waals surface area contributed by atoms with Crippen molar-refractivity contribution in [3.05, 3.63) is 35.9 Å². The number of unbranched alkanes of at least 4 members (excludes halogenated alkanes) is 12. The van der Waals surface area contributed by atoms with E-state index in [2.05, 4.69) is 19.1 Å². The van der Waals surface area contributed by atoms with Crippen molar-refractivity contribution in [2.75, 3.05) is 0 Å². The quantitative estimate of drug-likeness (QED) is 0.204. The molecule has 0 heterocycles. The van der Waals surface area contributed by atoms with Crippen LogP contribution in [0.3, 0.4) is 0 Å². The summed E-state index contributed by atoms with van der Waals surface area (Å²) in [4.78, 5) is 12.4. The van der Waals surface area contributed by atoms with E-state index in [1.807, 2.05) is 39.0 Å². The molecule has 0 amide bonds. The van der Waals surface area contributed by atoms with Gasteiger partial charge in [-0.15, -0.1) is 0 Å². The molecule has 166 valence electrons. The normalized spacial score (nSPS) is 12.7. The zero-order chi connectivity index (χ0) is 21.4. The van der Waals surface area contributed by atoms with E-state index in [0.717, 1.165) is 18.4 Å². The third-order valence-electron chi connectivity index (χ3n) is 5.60. The van der Waals surface area contributed by atoms with Crippen molar-refractivity contribution in [1.82, 2.24) is 0 Å². The first kappa shape index (κ1) is 25.7. The minimum absolute atomic E-state index is 0.110. The molecule has 0 saturated heterocycles. The van der Waals surface area contributed by atoms with Crippen molar-refractivity contribution in [2.24, 2.45) is 5.41 Å². The van der Waals surface area contributed by atoms with Crippen molar-refractivity contribution in [2.45, 2.75) is 124 Å². The van der Waals surface area contributed by atoms with Crippen LogP contribution in [0.5, 0.6) is 0 Å². The number of carbonyl (C=O) groups excluding carboxylic acids is 1. The number of hydrogen-bond acceptors (Lipinski definition) is 2. The van der Waals surface area contributed by atoms with Crippen LogP contribution in [0.15, 0.2) is 30.3 Å². The standard InChI is InChI=1S/C27H46O2/c1-5-6-7-8-9-10-11-12-13-14-15-16-20-23-25(24-21-18-17-19-22-24)29-26(28)27(2,3)4/h17-19,21-22,25H,5-16,20,23H2,1-4H3. The lowest BCUT2D eigenvalue weighted by Crippen LogP contribution is -2.25. The maximum absolute atomic E-state index is 12.4. The Balaban J connectivity index is 2.16. The number of ether oxygens (including phenoxy) is 1. The molecule has 1 rings (SSSR count). The summed E-state index contributed by atoms with van der Waals surface area (Å²) in [5.74, 6) is -0.110. The predicted octanol–water partition coefficient (Wildman–Crippen LogP) is 8.80. The van der Waals surface area contributed by atoms with Crippen LogP contribution in [0.25, 0.3) is 0 Å². The van der Waals surface area contributed by atoms with Gasteiger partial charge < -0.3 is 4.74 Å². The summed E-state index contributed by atoms with van der Waals surface area (Å²) in [5.41, 5.74) is 0.660. The number of benzene rings is 1. The molecule has 0 aliphatic heterocycles. The molecule has 0 radical (unpaired) electrons. The summed E-state index contributed by atoms with van der Waals surface area (Å²) in [6.07, 6.45) is 18.4. The number of rotatable bonds is 16. The molecule has 0 aliphatic rings. The molecule has 29 heavy (non-hydrogen) atoms. The van der Waals surface area contributed by atoms with Gasteiger partial charge in [0.2, 0.25) is 0 Å². The lowest BCUT2D eigenvalue weighted by molar-refractivity contribution is -0.159. The smallest absolute Gasteiger partial charge is 0.311 e. The Morgan fingerprint density at radius 1 is 0.759 bits per heavy atom. The van der Waals surface area contributed by atoms with E-state index in [9.17, 15) is 4.79 Å². The lowest BCUT2D eigenvalue weighted by atomic mass is 9.96. The van der Waals surface area contributed by atoms with Crippen LogP contribution in [0.1, 0.15) is 129 Å². The molecular formula is C27H46O2. The van der Waals surface area contributed by atoms with E-state index in [1.165, 1.54) is 77.0 Å². The Kier molecular flexibility index (Phi) is 13.8. The number of carbonyl (C=O) groups is 1. The Labute approximate surface area is 180 Å². The third kappa shape index (κ3) is 12.8. The molecule has 0 fully saturated rings. The summed E-state index contributed by atoms with van der Waals surface area (Å²) >= 11 is 0. The van der Waals surface area contributed by atoms with Gasteiger partial charge in [-0.2, -0.15) is 0 Å². The van der Waals surface area contributed by atoms with Gasteiger partial charge in [0.25, 0.3) is 0 Å². The van der Waals surface area contributed by atoms with Gasteiger partial charge >= 0.3 is 5.97 Å². The highest BCUT2D eigenvalue weighted by Crippen LogP contribution is 2.28. The van der Waals surface area contributed by atoms with Gasteiger partial charge in [0, 0.05) is 0 Å². The summed E-state index contributed by atoms with van der Waals surface area (Å²) in [6.45, 7) is 8.04. The third-order valence-corrected chi connectivity index (χ3v) is 5.60. The molecule has 1 unspecified atom stereocenters. The van der Waals surface area contributed by atoms with E-state index in [1.54, 1.807) is 0 Å². The first-order chi connectivity index (χ1) is 13.9. The van der Waals surface area contributed by atoms with Crippen LogP contribution in [0.4, 0.5) is 0 Å². The highest BCUT2D eigenvalue weighted by molar-refractivity contribution is 5.75. The van der Waals surface area contributed by atoms with E-state index in [0.29, 0.717) is 0 Å². The van der Waals surface area contributed by atoms with Crippen molar-refractivity contribution < 1.29 is 9.53 Å². The highest BCUT2D eigenvalue weighted by Gasteiger charge is 2.26. The van der Waals surface area contributed by atoms with Gasteiger partial charge in [0.15, 0.2) is 0 Å². The Morgan fingerprint density at radius 3 is 1.66 bits per heavy atom. The summed E-state index contributed by atoms with van der Waals surface area (Å²) in [6, 6.07) is 10.2. The molecule has 0 spiro atoms. The molecule has 0 saturated carbocycles. The molecule has 0 N–H and O–H groups in total. The van der Waals surface area contributed by atoms with E-state index in [-0.39, 0.29) is 12.1 Å². The Morgan fingerprint density at radius 2 is 1.21 bits per heavy atom. The first-order valence-electron chi connectivity index (χ1n) is 12.2. The molecular weight excluding hydrogens is 356 g/mol. The molecule has 0 aromatic heterocycles. The van der Waals surface area contributed by atoms with E-state index >= 15 is 0 Å². The molecule has 1 aromatic rings. The molecule has 2 nitrogen and oxygen atoms in total. The largest absolute Gasteiger partial charge is 0.457 e. The monoisotopic (exact) mass is 402 g/mol. The fourth-order valence-corrected chi connectivity index (χ4v) is 3.61. The van der Waals surface area contributed by atoms with Gasteiger partial charge in [-0.3, -0.25) is 4.79 Å². The second-order valence-corrected chi connectivity index (χ2v) is 9.59. The Bertz CT molecular complexity index is 515. The zero-order valence-electron chi connectivity index (χ0n) is 19.7. The maximum atomic E-state index is 12.4. The second-order valence-electron chi connectivity index (χ2n) is 9.59.